The van der Waals surface area contributed by atoms with Crippen LogP contribution in [0, 0.1) is 0 Å². The second-order valence-electron chi connectivity index (χ2n) is 6.22. The van der Waals surface area contributed by atoms with Crippen LogP contribution in [-0.2, 0) is 6.18 Å². The zero-order valence-electron chi connectivity index (χ0n) is 13.9. The highest BCUT2D eigenvalue weighted by Crippen LogP contribution is 2.32. The van der Waals surface area contributed by atoms with Gasteiger partial charge in [0, 0.05) is 24.7 Å². The minimum atomic E-state index is -4.54. The second kappa shape index (κ2) is 7.50. The van der Waals surface area contributed by atoms with Gasteiger partial charge in [-0.15, -0.1) is 0 Å². The largest absolute Gasteiger partial charge is 0.433 e. The number of nitrogens with one attached hydrogen (secondary N) is 2. The van der Waals surface area contributed by atoms with Gasteiger partial charge < -0.3 is 15.5 Å². The molecule has 1 aromatic rings. The third kappa shape index (κ3) is 4.93. The van der Waals surface area contributed by atoms with Crippen LogP contribution in [0.1, 0.15) is 45.7 Å². The van der Waals surface area contributed by atoms with Crippen LogP contribution in [0.15, 0.2) is 6.07 Å². The summed E-state index contributed by atoms with van der Waals surface area (Å²) in [5.74, 6) is 0.134. The molecule has 1 saturated heterocycles. The molecule has 0 bridgehead atoms. The smallest absolute Gasteiger partial charge is 0.360 e. The maximum atomic E-state index is 13.2. The van der Waals surface area contributed by atoms with Gasteiger partial charge in [-0.2, -0.15) is 18.2 Å². The molecule has 1 aliphatic rings. The van der Waals surface area contributed by atoms with Crippen LogP contribution in [0.3, 0.4) is 0 Å². The average molecular weight is 361 g/mol. The number of rotatable bonds is 3. The van der Waals surface area contributed by atoms with Crippen molar-refractivity contribution in [2.24, 2.45) is 0 Å². The number of hydrogen-bond donors (Lipinski definition) is 2. The van der Waals surface area contributed by atoms with E-state index in [1.54, 1.807) is 0 Å². The Kier molecular flexibility index (Phi) is 5.84. The number of halogens is 3. The summed E-state index contributed by atoms with van der Waals surface area (Å²) in [6.45, 7) is 6.43. The molecule has 2 heterocycles. The molecule has 1 fully saturated rings. The van der Waals surface area contributed by atoms with Gasteiger partial charge in [0.25, 0.3) is 0 Å². The van der Waals surface area contributed by atoms with E-state index in [9.17, 15) is 13.2 Å². The standard InChI is InChI=1S/C15H22F3N5S/c1-9(2)19-14(24)22-13-20-11(15(16,17)18)8-12(21-13)23-7-5-4-6-10(23)3/h8-10H,4-7H2,1-3H3,(H2,19,20,21,22,24)/t10-/m0/s1. The van der Waals surface area contributed by atoms with E-state index < -0.39 is 11.9 Å². The lowest BCUT2D eigenvalue weighted by Crippen LogP contribution is -2.39. The molecule has 2 N–H and O–H groups in total. The van der Waals surface area contributed by atoms with Gasteiger partial charge in [-0.05, 0) is 52.3 Å². The summed E-state index contributed by atoms with van der Waals surface area (Å²) in [5, 5.41) is 5.75. The number of nitrogens with zero attached hydrogens (tertiary/aromatic N) is 3. The van der Waals surface area contributed by atoms with Crippen LogP contribution < -0.4 is 15.5 Å². The molecular formula is C15H22F3N5S. The molecule has 24 heavy (non-hydrogen) atoms. The van der Waals surface area contributed by atoms with Gasteiger partial charge in [-0.1, -0.05) is 0 Å². The van der Waals surface area contributed by atoms with Gasteiger partial charge in [0.2, 0.25) is 5.95 Å². The number of anilines is 2. The molecule has 2 rings (SSSR count). The Balaban J connectivity index is 2.33. The maximum Gasteiger partial charge on any atom is 0.433 e. The summed E-state index contributed by atoms with van der Waals surface area (Å²) in [6.07, 6.45) is -1.60. The Morgan fingerprint density at radius 2 is 2.04 bits per heavy atom. The quantitative estimate of drug-likeness (QED) is 0.803. The normalized spacial score (nSPS) is 18.6. The topological polar surface area (TPSA) is 53.1 Å². The Hall–Kier alpha value is -1.64. The lowest BCUT2D eigenvalue weighted by molar-refractivity contribution is -0.141. The van der Waals surface area contributed by atoms with Gasteiger partial charge in [0.15, 0.2) is 10.8 Å². The molecule has 0 spiro atoms. The van der Waals surface area contributed by atoms with Crippen molar-refractivity contribution in [2.45, 2.75) is 58.3 Å². The summed E-state index contributed by atoms with van der Waals surface area (Å²) >= 11 is 5.07. The van der Waals surface area contributed by atoms with Gasteiger partial charge in [0.05, 0.1) is 0 Å². The molecule has 1 aliphatic heterocycles. The fourth-order valence-corrected chi connectivity index (χ4v) is 2.95. The molecule has 0 aliphatic carbocycles. The highest BCUT2D eigenvalue weighted by molar-refractivity contribution is 7.80. The third-order valence-electron chi connectivity index (χ3n) is 3.75. The van der Waals surface area contributed by atoms with Crippen LogP contribution in [0.4, 0.5) is 24.9 Å². The van der Waals surface area contributed by atoms with E-state index in [0.29, 0.717) is 6.54 Å². The number of piperidine rings is 1. The van der Waals surface area contributed by atoms with E-state index in [0.717, 1.165) is 25.3 Å². The van der Waals surface area contributed by atoms with Gasteiger partial charge in [0.1, 0.15) is 5.82 Å². The first-order valence-corrected chi connectivity index (χ1v) is 8.38. The highest BCUT2D eigenvalue weighted by Gasteiger charge is 2.35. The van der Waals surface area contributed by atoms with E-state index in [-0.39, 0.29) is 29.0 Å². The first kappa shape index (κ1) is 18.7. The van der Waals surface area contributed by atoms with E-state index in [4.69, 9.17) is 12.2 Å². The number of aromatic nitrogens is 2. The first-order chi connectivity index (χ1) is 11.2. The minimum Gasteiger partial charge on any atom is -0.360 e. The molecular weight excluding hydrogens is 339 g/mol. The molecule has 0 aromatic carbocycles. The second-order valence-corrected chi connectivity index (χ2v) is 6.63. The lowest BCUT2D eigenvalue weighted by atomic mass is 10.0. The van der Waals surface area contributed by atoms with Crippen LogP contribution in [0.25, 0.3) is 0 Å². The minimum absolute atomic E-state index is 0.0531. The molecule has 0 radical (unpaired) electrons. The van der Waals surface area contributed by atoms with Crippen molar-refractivity contribution in [3.05, 3.63) is 11.8 Å². The van der Waals surface area contributed by atoms with Crippen molar-refractivity contribution in [1.29, 1.82) is 0 Å². The van der Waals surface area contributed by atoms with Gasteiger partial charge >= 0.3 is 6.18 Å². The SMILES string of the molecule is CC(C)NC(=S)Nc1nc(N2CCCC[C@@H]2C)cc(C(F)(F)F)n1. The highest BCUT2D eigenvalue weighted by atomic mass is 32.1. The molecule has 9 heteroatoms. The summed E-state index contributed by atoms with van der Waals surface area (Å²) < 4.78 is 39.5. The Bertz CT molecular complexity index is 591. The Morgan fingerprint density at radius 3 is 2.62 bits per heavy atom. The van der Waals surface area contributed by atoms with Crippen LogP contribution >= 0.6 is 12.2 Å². The van der Waals surface area contributed by atoms with Gasteiger partial charge in [-0.3, -0.25) is 0 Å². The molecule has 1 atom stereocenters. The zero-order valence-corrected chi connectivity index (χ0v) is 14.8. The fourth-order valence-electron chi connectivity index (χ4n) is 2.62. The lowest BCUT2D eigenvalue weighted by Gasteiger charge is -2.34. The van der Waals surface area contributed by atoms with E-state index >= 15 is 0 Å². The summed E-state index contributed by atoms with van der Waals surface area (Å²) in [4.78, 5) is 9.71. The molecule has 1 aromatic heterocycles. The Labute approximate surface area is 145 Å². The van der Waals surface area contributed by atoms with Gasteiger partial charge in [-0.25, -0.2) is 4.98 Å². The number of hydrogen-bond acceptors (Lipinski definition) is 4. The third-order valence-corrected chi connectivity index (χ3v) is 3.97. The summed E-state index contributed by atoms with van der Waals surface area (Å²) in [6, 6.07) is 1.20. The van der Waals surface area contributed by atoms with Crippen LogP contribution in [-0.4, -0.2) is 33.7 Å². The predicted molar refractivity (Wildman–Crippen MR) is 92.2 cm³/mol. The van der Waals surface area contributed by atoms with Crippen molar-refractivity contribution in [1.82, 2.24) is 15.3 Å². The predicted octanol–water partition coefficient (Wildman–Crippen LogP) is 3.57. The number of alkyl halides is 3. The molecule has 0 unspecified atom stereocenters. The molecule has 0 saturated carbocycles. The monoisotopic (exact) mass is 361 g/mol. The number of thiocarbonyl (C=S) groups is 1. The van der Waals surface area contributed by atoms with Crippen LogP contribution in [0.2, 0.25) is 0 Å². The fraction of sp³-hybridized carbons (Fsp3) is 0.667. The van der Waals surface area contributed by atoms with Crippen molar-refractivity contribution >= 4 is 29.1 Å². The molecule has 0 amide bonds. The maximum absolute atomic E-state index is 13.2. The summed E-state index contributed by atoms with van der Waals surface area (Å²) in [5.41, 5.74) is -0.972. The summed E-state index contributed by atoms with van der Waals surface area (Å²) in [7, 11) is 0. The zero-order chi connectivity index (χ0) is 17.9. The first-order valence-electron chi connectivity index (χ1n) is 7.97. The van der Waals surface area contributed by atoms with Crippen molar-refractivity contribution in [3.8, 4) is 0 Å². The van der Waals surface area contributed by atoms with Crippen LogP contribution in [0.5, 0.6) is 0 Å². The van der Waals surface area contributed by atoms with E-state index in [2.05, 4.69) is 20.6 Å². The molecule has 5 nitrogen and oxygen atoms in total. The molecule has 134 valence electrons. The Morgan fingerprint density at radius 1 is 1.33 bits per heavy atom. The average Bonchev–Trinajstić information content (AvgIpc) is 2.45. The van der Waals surface area contributed by atoms with E-state index in [1.165, 1.54) is 0 Å². The van der Waals surface area contributed by atoms with E-state index in [1.807, 2.05) is 25.7 Å². The van der Waals surface area contributed by atoms with Crippen molar-refractivity contribution in [2.75, 3.05) is 16.8 Å². The van der Waals surface area contributed by atoms with Crippen molar-refractivity contribution < 1.29 is 13.2 Å². The van der Waals surface area contributed by atoms with Crippen molar-refractivity contribution in [3.63, 3.8) is 0 Å².